The summed E-state index contributed by atoms with van der Waals surface area (Å²) < 4.78 is 22.4. The maximum absolute atomic E-state index is 14.6. The number of halogens is 1. The van der Waals surface area contributed by atoms with Crippen LogP contribution in [0.2, 0.25) is 0 Å². The lowest BCUT2D eigenvalue weighted by atomic mass is 9.91. The number of benzene rings is 2. The Bertz CT molecular complexity index is 1410. The van der Waals surface area contributed by atoms with Crippen molar-refractivity contribution in [3.63, 3.8) is 0 Å². The van der Waals surface area contributed by atoms with E-state index in [1.807, 2.05) is 48.0 Å². The molecule has 0 radical (unpaired) electrons. The second-order valence-corrected chi connectivity index (χ2v) is 9.03. The van der Waals surface area contributed by atoms with Gasteiger partial charge in [0.2, 0.25) is 0 Å². The maximum Gasteiger partial charge on any atom is 0.164 e. The Morgan fingerprint density at radius 2 is 1.91 bits per heavy atom. The Balaban J connectivity index is 1.54. The lowest BCUT2D eigenvalue weighted by molar-refractivity contribution is 0.0144. The average Bonchev–Trinajstić information content (AvgIpc) is 3.22. The molecule has 35 heavy (non-hydrogen) atoms. The summed E-state index contributed by atoms with van der Waals surface area (Å²) >= 11 is 0. The zero-order valence-corrected chi connectivity index (χ0v) is 19.4. The van der Waals surface area contributed by atoms with E-state index in [1.165, 1.54) is 18.8 Å². The molecule has 1 aliphatic heterocycles. The summed E-state index contributed by atoms with van der Waals surface area (Å²) in [6.07, 6.45) is 4.75. The van der Waals surface area contributed by atoms with Gasteiger partial charge in [0.1, 0.15) is 42.3 Å². The highest BCUT2D eigenvalue weighted by Crippen LogP contribution is 2.35. The van der Waals surface area contributed by atoms with Crippen LogP contribution in [0.15, 0.2) is 59.9 Å². The van der Waals surface area contributed by atoms with Gasteiger partial charge in [-0.05, 0) is 38.3 Å². The summed E-state index contributed by atoms with van der Waals surface area (Å²) in [5.41, 5.74) is 9.62. The number of amidine groups is 1. The van der Waals surface area contributed by atoms with Crippen LogP contribution in [0.25, 0.3) is 22.3 Å². The van der Waals surface area contributed by atoms with Crippen molar-refractivity contribution in [2.75, 3.05) is 12.5 Å². The molecule has 6 rings (SSSR count). The summed E-state index contributed by atoms with van der Waals surface area (Å²) in [5.74, 6) is 0.827. The molecular weight excluding hydrogens is 445 g/mol. The lowest BCUT2D eigenvalue weighted by Gasteiger charge is -2.41. The van der Waals surface area contributed by atoms with Gasteiger partial charge in [0.25, 0.3) is 0 Å². The highest BCUT2D eigenvalue weighted by molar-refractivity contribution is 5.99. The first-order chi connectivity index (χ1) is 17.1. The van der Waals surface area contributed by atoms with Crippen molar-refractivity contribution < 1.29 is 9.13 Å². The Hall–Kier alpha value is -3.85. The number of aliphatic imine (C=N–C) groups is 1. The van der Waals surface area contributed by atoms with E-state index in [-0.39, 0.29) is 18.5 Å². The number of aromatic nitrogens is 4. The van der Waals surface area contributed by atoms with Gasteiger partial charge in [-0.3, -0.25) is 0 Å². The molecule has 4 aromatic rings. The molecule has 178 valence electrons. The van der Waals surface area contributed by atoms with Gasteiger partial charge in [0.15, 0.2) is 5.65 Å². The van der Waals surface area contributed by atoms with E-state index in [2.05, 4.69) is 14.9 Å². The predicted molar refractivity (Wildman–Crippen MR) is 133 cm³/mol. The number of hydrogen-bond donors (Lipinski definition) is 1. The van der Waals surface area contributed by atoms with E-state index in [1.54, 1.807) is 6.07 Å². The zero-order chi connectivity index (χ0) is 23.9. The topological polar surface area (TPSA) is 94.5 Å². The normalized spacial score (nSPS) is 18.8. The number of fused-ring (bicyclic) bond motifs is 2. The highest BCUT2D eigenvalue weighted by atomic mass is 19.1. The first-order valence-corrected chi connectivity index (χ1v) is 11.9. The molecular formula is C26H26FN7O. The Labute approximate surface area is 202 Å². The number of anilines is 1. The Morgan fingerprint density at radius 1 is 1.09 bits per heavy atom. The van der Waals surface area contributed by atoms with Crippen molar-refractivity contribution in [2.24, 2.45) is 4.99 Å². The fourth-order valence-electron chi connectivity index (χ4n) is 4.79. The molecule has 3 heterocycles. The molecule has 2 aromatic carbocycles. The van der Waals surface area contributed by atoms with Crippen molar-refractivity contribution >= 4 is 28.4 Å². The molecule has 0 spiro atoms. The SMILES string of the molecule is CC(/C1=N/c2cccc(F)c2COCN1C1CCC1)n1nc(-c2ccccc2)c2c(N)ncnc21. The largest absolute Gasteiger partial charge is 0.383 e. The number of ether oxygens (including phenoxy) is 1. The third kappa shape index (κ3) is 3.72. The number of rotatable bonds is 4. The van der Waals surface area contributed by atoms with Crippen molar-refractivity contribution in [3.05, 3.63) is 66.2 Å². The minimum Gasteiger partial charge on any atom is -0.383 e. The van der Waals surface area contributed by atoms with Crippen LogP contribution in [-0.2, 0) is 11.3 Å². The third-order valence-electron chi connectivity index (χ3n) is 6.92. The molecule has 0 amide bonds. The number of hydrogen-bond acceptors (Lipinski definition) is 7. The molecule has 1 fully saturated rings. The summed E-state index contributed by atoms with van der Waals surface area (Å²) in [5, 5.41) is 5.68. The number of nitrogen functional groups attached to an aromatic ring is 1. The van der Waals surface area contributed by atoms with Crippen LogP contribution in [-0.4, -0.2) is 43.3 Å². The summed E-state index contributed by atoms with van der Waals surface area (Å²) in [6, 6.07) is 14.8. The van der Waals surface area contributed by atoms with Gasteiger partial charge in [0, 0.05) is 17.2 Å². The lowest BCUT2D eigenvalue weighted by Crippen LogP contribution is -2.48. The number of nitrogens with zero attached hydrogens (tertiary/aromatic N) is 6. The molecule has 1 atom stereocenters. The van der Waals surface area contributed by atoms with E-state index in [9.17, 15) is 4.39 Å². The first kappa shape index (κ1) is 21.7. The smallest absolute Gasteiger partial charge is 0.164 e. The van der Waals surface area contributed by atoms with Gasteiger partial charge in [0.05, 0.1) is 17.7 Å². The van der Waals surface area contributed by atoms with Crippen LogP contribution in [0, 0.1) is 5.82 Å². The minimum atomic E-state index is -0.317. The van der Waals surface area contributed by atoms with E-state index in [4.69, 9.17) is 20.6 Å². The van der Waals surface area contributed by atoms with Gasteiger partial charge < -0.3 is 15.4 Å². The van der Waals surface area contributed by atoms with Crippen LogP contribution in [0.5, 0.6) is 0 Å². The molecule has 8 nitrogen and oxygen atoms in total. The minimum absolute atomic E-state index is 0.184. The Morgan fingerprint density at radius 3 is 2.69 bits per heavy atom. The van der Waals surface area contributed by atoms with Gasteiger partial charge in [-0.1, -0.05) is 36.4 Å². The highest BCUT2D eigenvalue weighted by Gasteiger charge is 2.33. The molecule has 1 aliphatic carbocycles. The van der Waals surface area contributed by atoms with Crippen molar-refractivity contribution in [1.82, 2.24) is 24.6 Å². The summed E-state index contributed by atoms with van der Waals surface area (Å²) in [6.45, 7) is 2.55. The monoisotopic (exact) mass is 471 g/mol. The van der Waals surface area contributed by atoms with Crippen LogP contribution in [0.1, 0.15) is 37.8 Å². The van der Waals surface area contributed by atoms with Crippen molar-refractivity contribution in [1.29, 1.82) is 0 Å². The van der Waals surface area contributed by atoms with Gasteiger partial charge in [-0.25, -0.2) is 24.0 Å². The first-order valence-electron chi connectivity index (χ1n) is 11.9. The van der Waals surface area contributed by atoms with Crippen LogP contribution < -0.4 is 5.73 Å². The molecule has 2 aromatic heterocycles. The standard InChI is InChI=1S/C26H26FN7O/c1-16(34-26-22(24(28)29-14-30-26)23(32-34)17-7-3-2-4-8-17)25-31-21-12-6-11-20(27)19(21)13-35-15-33(25)18-9-5-10-18/h2-4,6-8,11-12,14,16,18H,5,9-10,13,15H2,1H3,(H2,28,29,30)/b31-25-. The second kappa shape index (κ2) is 8.74. The van der Waals surface area contributed by atoms with Crippen LogP contribution in [0.4, 0.5) is 15.9 Å². The molecule has 1 unspecified atom stereocenters. The third-order valence-corrected chi connectivity index (χ3v) is 6.92. The molecule has 9 heteroatoms. The molecule has 1 saturated carbocycles. The van der Waals surface area contributed by atoms with Crippen LogP contribution in [0.3, 0.4) is 0 Å². The molecule has 2 N–H and O–H groups in total. The quantitative estimate of drug-likeness (QED) is 0.457. The van der Waals surface area contributed by atoms with Crippen molar-refractivity contribution in [3.8, 4) is 11.3 Å². The summed E-state index contributed by atoms with van der Waals surface area (Å²) in [4.78, 5) is 16.0. The predicted octanol–water partition coefficient (Wildman–Crippen LogP) is 4.85. The van der Waals surface area contributed by atoms with E-state index in [0.717, 1.165) is 29.9 Å². The Kier molecular flexibility index (Phi) is 5.41. The van der Waals surface area contributed by atoms with Gasteiger partial charge >= 0.3 is 0 Å². The summed E-state index contributed by atoms with van der Waals surface area (Å²) in [7, 11) is 0. The van der Waals surface area contributed by atoms with E-state index < -0.39 is 0 Å². The average molecular weight is 472 g/mol. The van der Waals surface area contributed by atoms with Crippen LogP contribution >= 0.6 is 0 Å². The fourth-order valence-corrected chi connectivity index (χ4v) is 4.79. The van der Waals surface area contributed by atoms with Gasteiger partial charge in [-0.2, -0.15) is 5.10 Å². The zero-order valence-electron chi connectivity index (χ0n) is 19.4. The molecule has 0 bridgehead atoms. The fraction of sp³-hybridized carbons (Fsp3) is 0.308. The van der Waals surface area contributed by atoms with Gasteiger partial charge in [-0.15, -0.1) is 0 Å². The van der Waals surface area contributed by atoms with Crippen molar-refractivity contribution in [2.45, 2.75) is 44.9 Å². The molecule has 2 aliphatic rings. The van der Waals surface area contributed by atoms with E-state index in [0.29, 0.717) is 40.9 Å². The maximum atomic E-state index is 14.6. The number of nitrogens with two attached hydrogens (primary N) is 1. The second-order valence-electron chi connectivity index (χ2n) is 9.03. The van der Waals surface area contributed by atoms with E-state index >= 15 is 0 Å². The molecule has 0 saturated heterocycles.